The molecule has 2 N–H and O–H groups in total. The van der Waals surface area contributed by atoms with Gasteiger partial charge in [-0.15, -0.1) is 0 Å². The first-order valence-electron chi connectivity index (χ1n) is 7.05. The normalized spacial score (nSPS) is 10.1. The number of amides is 2. The zero-order valence-electron chi connectivity index (χ0n) is 12.2. The second-order valence-corrected chi connectivity index (χ2v) is 4.52. The van der Waals surface area contributed by atoms with Crippen molar-refractivity contribution in [3.63, 3.8) is 0 Å². The molecule has 0 unspecified atom stereocenters. The summed E-state index contributed by atoms with van der Waals surface area (Å²) in [7, 11) is 0. The Morgan fingerprint density at radius 3 is 2.62 bits per heavy atom. The average molecular weight is 294 g/mol. The van der Waals surface area contributed by atoms with E-state index in [1.54, 1.807) is 4.90 Å². The van der Waals surface area contributed by atoms with Crippen LogP contribution in [0.5, 0.6) is 0 Å². The van der Waals surface area contributed by atoms with Gasteiger partial charge in [-0.3, -0.25) is 4.90 Å². The van der Waals surface area contributed by atoms with Crippen molar-refractivity contribution < 1.29 is 19.4 Å². The van der Waals surface area contributed by atoms with Crippen LogP contribution in [0, 0.1) is 0 Å². The molecule has 1 rings (SSSR count). The number of hydrogen-bond donors (Lipinski definition) is 2. The molecule has 116 valence electrons. The second-order valence-electron chi connectivity index (χ2n) is 4.52. The summed E-state index contributed by atoms with van der Waals surface area (Å²) in [5.74, 6) is -1.02. The number of aliphatic carboxylic acids is 1. The minimum atomic E-state index is -1.02. The second kappa shape index (κ2) is 9.77. The molecule has 0 atom stereocenters. The van der Waals surface area contributed by atoms with Gasteiger partial charge >= 0.3 is 12.0 Å². The fraction of sp³-hybridized carbons (Fsp3) is 0.467. The number of unbranched alkanes of at least 4 members (excludes halogenated alkanes) is 1. The number of carboxylic acids is 1. The number of hydrogen-bond acceptors (Lipinski definition) is 3. The molecular formula is C15H22N2O4. The number of benzene rings is 1. The number of nitrogens with one attached hydrogen (secondary N) is 1. The van der Waals surface area contributed by atoms with Gasteiger partial charge in [0.2, 0.25) is 0 Å². The molecule has 0 fully saturated rings. The molecule has 6 nitrogen and oxygen atoms in total. The van der Waals surface area contributed by atoms with Gasteiger partial charge in [-0.1, -0.05) is 31.5 Å². The van der Waals surface area contributed by atoms with Gasteiger partial charge in [0.15, 0.2) is 0 Å². The van der Waals surface area contributed by atoms with E-state index < -0.39 is 5.97 Å². The van der Waals surface area contributed by atoms with E-state index in [0.29, 0.717) is 6.54 Å². The lowest BCUT2D eigenvalue weighted by Gasteiger charge is -2.23. The summed E-state index contributed by atoms with van der Waals surface area (Å²) in [5.41, 5.74) is 0.843. The van der Waals surface area contributed by atoms with Crippen molar-refractivity contribution in [2.75, 3.05) is 31.2 Å². The monoisotopic (exact) mass is 294 g/mol. The largest absolute Gasteiger partial charge is 0.480 e. The van der Waals surface area contributed by atoms with E-state index in [2.05, 4.69) is 12.2 Å². The van der Waals surface area contributed by atoms with Crippen molar-refractivity contribution in [2.45, 2.75) is 19.8 Å². The Kier molecular flexibility index (Phi) is 7.89. The molecule has 0 bridgehead atoms. The van der Waals surface area contributed by atoms with Crippen LogP contribution < -0.4 is 10.2 Å². The molecule has 6 heteroatoms. The van der Waals surface area contributed by atoms with Gasteiger partial charge in [0.05, 0.1) is 6.61 Å². The Morgan fingerprint density at radius 2 is 2.00 bits per heavy atom. The highest BCUT2D eigenvalue weighted by Gasteiger charge is 2.14. The summed E-state index contributed by atoms with van der Waals surface area (Å²) in [6.45, 7) is 2.81. The number of nitrogens with zero attached hydrogens (tertiary/aromatic N) is 1. The lowest BCUT2D eigenvalue weighted by molar-refractivity contribution is -0.142. The van der Waals surface area contributed by atoms with Gasteiger partial charge in [-0.2, -0.15) is 0 Å². The number of urea groups is 1. The number of para-hydroxylation sites is 1. The summed E-state index contributed by atoms with van der Waals surface area (Å²) in [5, 5.41) is 11.2. The van der Waals surface area contributed by atoms with Gasteiger partial charge in [0.1, 0.15) is 6.61 Å². The fourth-order valence-electron chi connectivity index (χ4n) is 1.76. The van der Waals surface area contributed by atoms with Crippen LogP contribution in [-0.4, -0.2) is 43.4 Å². The highest BCUT2D eigenvalue weighted by Crippen LogP contribution is 2.14. The molecule has 0 heterocycles. The Balaban J connectivity index is 2.46. The smallest absolute Gasteiger partial charge is 0.329 e. The summed E-state index contributed by atoms with van der Waals surface area (Å²) in [6, 6.07) is 9.24. The SMILES string of the molecule is CCCCN(C(=O)NCCOCC(=O)O)c1ccccc1. The molecule has 0 aromatic heterocycles. The van der Waals surface area contributed by atoms with E-state index in [0.717, 1.165) is 18.5 Å². The van der Waals surface area contributed by atoms with Crippen molar-refractivity contribution in [3.05, 3.63) is 30.3 Å². The topological polar surface area (TPSA) is 78.9 Å². The molecule has 0 aliphatic rings. The molecule has 0 aliphatic heterocycles. The number of rotatable bonds is 9. The molecule has 2 amide bonds. The van der Waals surface area contributed by atoms with Crippen molar-refractivity contribution in [2.24, 2.45) is 0 Å². The van der Waals surface area contributed by atoms with Crippen molar-refractivity contribution >= 4 is 17.7 Å². The maximum atomic E-state index is 12.2. The number of anilines is 1. The number of carboxylic acid groups (broad SMARTS) is 1. The van der Waals surface area contributed by atoms with Crippen molar-refractivity contribution in [3.8, 4) is 0 Å². The third kappa shape index (κ3) is 6.76. The molecule has 1 aromatic carbocycles. The van der Waals surface area contributed by atoms with Crippen LogP contribution in [0.25, 0.3) is 0 Å². The van der Waals surface area contributed by atoms with Gasteiger partial charge in [0, 0.05) is 18.8 Å². The first-order chi connectivity index (χ1) is 10.1. The van der Waals surface area contributed by atoms with Crippen LogP contribution >= 0.6 is 0 Å². The van der Waals surface area contributed by atoms with E-state index >= 15 is 0 Å². The standard InChI is InChI=1S/C15H22N2O4/c1-2-3-10-17(13-7-5-4-6-8-13)15(20)16-9-11-21-12-14(18)19/h4-8H,2-3,9-12H2,1H3,(H,16,20)(H,18,19). The summed E-state index contributed by atoms with van der Waals surface area (Å²) in [4.78, 5) is 24.2. The maximum absolute atomic E-state index is 12.2. The summed E-state index contributed by atoms with van der Waals surface area (Å²) >= 11 is 0. The minimum absolute atomic E-state index is 0.175. The third-order valence-electron chi connectivity index (χ3n) is 2.80. The highest BCUT2D eigenvalue weighted by atomic mass is 16.5. The van der Waals surface area contributed by atoms with Gasteiger partial charge in [-0.05, 0) is 18.6 Å². The van der Waals surface area contributed by atoms with Crippen LogP contribution in [-0.2, 0) is 9.53 Å². The van der Waals surface area contributed by atoms with Gasteiger partial charge in [0.25, 0.3) is 0 Å². The third-order valence-corrected chi connectivity index (χ3v) is 2.80. The highest BCUT2D eigenvalue weighted by molar-refractivity contribution is 5.91. The Hall–Kier alpha value is -2.08. The molecule has 0 aliphatic carbocycles. The molecular weight excluding hydrogens is 272 g/mol. The molecule has 1 aromatic rings. The number of ether oxygens (including phenoxy) is 1. The zero-order chi connectivity index (χ0) is 15.5. The lowest BCUT2D eigenvalue weighted by atomic mass is 10.2. The van der Waals surface area contributed by atoms with Gasteiger partial charge in [-0.25, -0.2) is 9.59 Å². The van der Waals surface area contributed by atoms with Crippen LogP contribution in [0.2, 0.25) is 0 Å². The van der Waals surface area contributed by atoms with E-state index in [1.165, 1.54) is 0 Å². The zero-order valence-corrected chi connectivity index (χ0v) is 12.2. The van der Waals surface area contributed by atoms with Crippen molar-refractivity contribution in [1.29, 1.82) is 0 Å². The summed E-state index contributed by atoms with van der Waals surface area (Å²) < 4.78 is 4.88. The minimum Gasteiger partial charge on any atom is -0.480 e. The van der Waals surface area contributed by atoms with Crippen LogP contribution in [0.3, 0.4) is 0 Å². The van der Waals surface area contributed by atoms with Gasteiger partial charge < -0.3 is 15.2 Å². The Morgan fingerprint density at radius 1 is 1.29 bits per heavy atom. The predicted molar refractivity (Wildman–Crippen MR) is 80.5 cm³/mol. The first kappa shape index (κ1) is 17.0. The molecule has 0 saturated carbocycles. The molecule has 0 radical (unpaired) electrons. The first-order valence-corrected chi connectivity index (χ1v) is 7.05. The van der Waals surface area contributed by atoms with Crippen LogP contribution in [0.1, 0.15) is 19.8 Å². The van der Waals surface area contributed by atoms with E-state index in [9.17, 15) is 9.59 Å². The Labute approximate surface area is 124 Å². The molecule has 0 saturated heterocycles. The Bertz CT molecular complexity index is 437. The van der Waals surface area contributed by atoms with E-state index in [-0.39, 0.29) is 25.8 Å². The van der Waals surface area contributed by atoms with E-state index in [1.807, 2.05) is 30.3 Å². The van der Waals surface area contributed by atoms with Crippen LogP contribution in [0.15, 0.2) is 30.3 Å². The number of carbonyl (C=O) groups excluding carboxylic acids is 1. The fourth-order valence-corrected chi connectivity index (χ4v) is 1.76. The lowest BCUT2D eigenvalue weighted by Crippen LogP contribution is -2.42. The predicted octanol–water partition coefficient (Wildman–Crippen LogP) is 2.10. The summed E-state index contributed by atoms with van der Waals surface area (Å²) in [6.07, 6.45) is 1.91. The maximum Gasteiger partial charge on any atom is 0.329 e. The van der Waals surface area contributed by atoms with Crippen molar-refractivity contribution in [1.82, 2.24) is 5.32 Å². The number of carbonyl (C=O) groups is 2. The quantitative estimate of drug-likeness (QED) is 0.684. The molecule has 0 spiro atoms. The average Bonchev–Trinajstić information content (AvgIpc) is 2.48. The van der Waals surface area contributed by atoms with E-state index in [4.69, 9.17) is 9.84 Å². The van der Waals surface area contributed by atoms with Crippen LogP contribution in [0.4, 0.5) is 10.5 Å². The molecule has 21 heavy (non-hydrogen) atoms.